The van der Waals surface area contributed by atoms with Gasteiger partial charge in [-0.3, -0.25) is 23.7 Å². The Morgan fingerprint density at radius 2 is 1.96 bits per heavy atom. The van der Waals surface area contributed by atoms with Gasteiger partial charge in [-0.1, -0.05) is 6.07 Å². The molecule has 2 unspecified atom stereocenters. The topological polar surface area (TPSA) is 96.7 Å². The van der Waals surface area contributed by atoms with Gasteiger partial charge in [-0.2, -0.15) is 0 Å². The highest BCUT2D eigenvalue weighted by molar-refractivity contribution is 6.32. The quantitative estimate of drug-likeness (QED) is 0.661. The van der Waals surface area contributed by atoms with E-state index in [1.165, 1.54) is 29.0 Å². The minimum absolute atomic E-state index is 0.0460. The average Bonchev–Trinajstić information content (AvgIpc) is 3.29. The van der Waals surface area contributed by atoms with E-state index in [0.717, 1.165) is 6.07 Å². The highest BCUT2D eigenvalue weighted by Gasteiger charge is 2.77. The molecular formula is C17H11FN2O5. The number of pyridine rings is 1. The van der Waals surface area contributed by atoms with Crippen LogP contribution in [0.1, 0.15) is 6.42 Å². The van der Waals surface area contributed by atoms with Crippen molar-refractivity contribution in [3.8, 4) is 5.69 Å². The normalized spacial score (nSPS) is 24.4. The number of carboxylic acid groups (broad SMARTS) is 1. The molecule has 0 radical (unpaired) electrons. The molecule has 1 aliphatic carbocycles. The molecule has 126 valence electrons. The molecule has 2 atom stereocenters. The van der Waals surface area contributed by atoms with Crippen LogP contribution in [0.4, 0.5) is 10.1 Å². The maximum atomic E-state index is 14.5. The summed E-state index contributed by atoms with van der Waals surface area (Å²) in [7, 11) is 0. The third-order valence-electron chi connectivity index (χ3n) is 4.72. The molecule has 0 bridgehead atoms. The lowest BCUT2D eigenvalue weighted by molar-refractivity contribution is -0.147. The lowest BCUT2D eigenvalue weighted by Crippen LogP contribution is -2.38. The second kappa shape index (κ2) is 4.85. The van der Waals surface area contributed by atoms with Crippen LogP contribution in [0.5, 0.6) is 0 Å². The SMILES string of the molecule is O=C1C2CC2(C(=O)O)C(=O)N1c1ccc(-n2ccccc2=O)cc1F. The molecule has 25 heavy (non-hydrogen) atoms. The zero-order valence-corrected chi connectivity index (χ0v) is 12.7. The molecule has 7 nitrogen and oxygen atoms in total. The molecule has 8 heteroatoms. The molecule has 0 spiro atoms. The maximum absolute atomic E-state index is 14.5. The number of benzene rings is 1. The minimum atomic E-state index is -1.75. The van der Waals surface area contributed by atoms with E-state index in [1.54, 1.807) is 12.1 Å². The third-order valence-corrected chi connectivity index (χ3v) is 4.72. The summed E-state index contributed by atoms with van der Waals surface area (Å²) in [5.74, 6) is -4.83. The molecule has 1 aromatic carbocycles. The summed E-state index contributed by atoms with van der Waals surface area (Å²) >= 11 is 0. The summed E-state index contributed by atoms with van der Waals surface area (Å²) < 4.78 is 15.7. The Morgan fingerprint density at radius 1 is 1.20 bits per heavy atom. The van der Waals surface area contributed by atoms with Crippen molar-refractivity contribution in [2.45, 2.75) is 6.42 Å². The second-order valence-corrected chi connectivity index (χ2v) is 6.06. The Kier molecular flexibility index (Phi) is 2.96. The summed E-state index contributed by atoms with van der Waals surface area (Å²) in [6.07, 6.45) is 1.41. The molecule has 4 rings (SSSR count). The predicted octanol–water partition coefficient (Wildman–Crippen LogP) is 0.941. The average molecular weight is 342 g/mol. The Morgan fingerprint density at radius 3 is 2.56 bits per heavy atom. The van der Waals surface area contributed by atoms with Crippen LogP contribution < -0.4 is 10.5 Å². The Labute approximate surface area is 139 Å². The number of piperidine rings is 1. The van der Waals surface area contributed by atoms with Gasteiger partial charge in [0.1, 0.15) is 5.82 Å². The molecule has 2 aromatic rings. The summed E-state index contributed by atoms with van der Waals surface area (Å²) in [5, 5.41) is 9.23. The highest BCUT2D eigenvalue weighted by Crippen LogP contribution is 2.60. The summed E-state index contributed by atoms with van der Waals surface area (Å²) in [6.45, 7) is 0. The number of imide groups is 1. The van der Waals surface area contributed by atoms with Gasteiger partial charge in [0.2, 0.25) is 5.91 Å². The number of fused-ring (bicyclic) bond motifs is 1. The van der Waals surface area contributed by atoms with Gasteiger partial charge < -0.3 is 5.11 Å². The van der Waals surface area contributed by atoms with E-state index < -0.39 is 34.9 Å². The zero-order chi connectivity index (χ0) is 17.9. The van der Waals surface area contributed by atoms with E-state index >= 15 is 0 Å². The molecule has 1 aromatic heterocycles. The van der Waals surface area contributed by atoms with E-state index in [1.807, 2.05) is 0 Å². The van der Waals surface area contributed by atoms with E-state index in [2.05, 4.69) is 0 Å². The summed E-state index contributed by atoms with van der Waals surface area (Å²) in [6, 6.07) is 8.06. The predicted molar refractivity (Wildman–Crippen MR) is 82.7 cm³/mol. The molecule has 1 N–H and O–H groups in total. The third kappa shape index (κ3) is 1.90. The first kappa shape index (κ1) is 15.3. The number of halogens is 1. The van der Waals surface area contributed by atoms with Crippen molar-refractivity contribution >= 4 is 23.5 Å². The van der Waals surface area contributed by atoms with Crippen molar-refractivity contribution in [1.82, 2.24) is 4.57 Å². The molecule has 2 aliphatic rings. The van der Waals surface area contributed by atoms with Gasteiger partial charge in [0.15, 0.2) is 5.41 Å². The highest BCUT2D eigenvalue weighted by atomic mass is 19.1. The molecule has 1 saturated carbocycles. The molecule has 2 heterocycles. The van der Waals surface area contributed by atoms with Gasteiger partial charge in [-0.15, -0.1) is 0 Å². The van der Waals surface area contributed by atoms with Gasteiger partial charge in [-0.25, -0.2) is 9.29 Å². The zero-order valence-electron chi connectivity index (χ0n) is 12.7. The first-order chi connectivity index (χ1) is 11.9. The number of rotatable bonds is 3. The van der Waals surface area contributed by atoms with Crippen LogP contribution >= 0.6 is 0 Å². The van der Waals surface area contributed by atoms with Crippen molar-refractivity contribution in [2.24, 2.45) is 11.3 Å². The van der Waals surface area contributed by atoms with Crippen molar-refractivity contribution in [1.29, 1.82) is 0 Å². The molecule has 1 aliphatic heterocycles. The van der Waals surface area contributed by atoms with Gasteiger partial charge >= 0.3 is 5.97 Å². The smallest absolute Gasteiger partial charge is 0.320 e. The molecule has 1 saturated heterocycles. The van der Waals surface area contributed by atoms with E-state index in [9.17, 15) is 28.7 Å². The first-order valence-electron chi connectivity index (χ1n) is 7.47. The largest absolute Gasteiger partial charge is 0.480 e. The number of carbonyl (C=O) groups is 3. The van der Waals surface area contributed by atoms with Crippen LogP contribution in [0.2, 0.25) is 0 Å². The van der Waals surface area contributed by atoms with Gasteiger partial charge in [-0.05, 0) is 24.6 Å². The number of hydrogen-bond donors (Lipinski definition) is 1. The number of carboxylic acids is 1. The van der Waals surface area contributed by atoms with Crippen LogP contribution in [0.3, 0.4) is 0 Å². The Balaban J connectivity index is 1.75. The van der Waals surface area contributed by atoms with Crippen molar-refractivity contribution in [2.75, 3.05) is 4.90 Å². The number of hydrogen-bond acceptors (Lipinski definition) is 4. The fourth-order valence-electron chi connectivity index (χ4n) is 3.28. The van der Waals surface area contributed by atoms with Crippen LogP contribution in [0.15, 0.2) is 47.4 Å². The minimum Gasteiger partial charge on any atom is -0.480 e. The van der Waals surface area contributed by atoms with Crippen LogP contribution in [0.25, 0.3) is 5.69 Å². The number of nitrogens with zero attached hydrogens (tertiary/aromatic N) is 2. The van der Waals surface area contributed by atoms with E-state index in [-0.39, 0.29) is 23.4 Å². The van der Waals surface area contributed by atoms with E-state index in [4.69, 9.17) is 0 Å². The molecule has 2 amide bonds. The van der Waals surface area contributed by atoms with Gasteiger partial charge in [0.05, 0.1) is 17.3 Å². The first-order valence-corrected chi connectivity index (χ1v) is 7.47. The Hall–Kier alpha value is -3.29. The van der Waals surface area contributed by atoms with Gasteiger partial charge in [0, 0.05) is 18.3 Å². The number of aliphatic carboxylic acids is 1. The maximum Gasteiger partial charge on any atom is 0.320 e. The Bertz CT molecular complexity index is 1010. The van der Waals surface area contributed by atoms with E-state index in [0.29, 0.717) is 4.90 Å². The fourth-order valence-corrected chi connectivity index (χ4v) is 3.28. The van der Waals surface area contributed by atoms with Crippen LogP contribution in [-0.4, -0.2) is 27.5 Å². The van der Waals surface area contributed by atoms with Crippen molar-refractivity contribution in [3.05, 3.63) is 58.8 Å². The lowest BCUT2D eigenvalue weighted by atomic mass is 10.1. The summed E-state index contributed by atoms with van der Waals surface area (Å²) in [5.41, 5.74) is -2.20. The van der Waals surface area contributed by atoms with Crippen LogP contribution in [0, 0.1) is 17.2 Å². The number of aromatic nitrogens is 1. The number of amides is 2. The molecule has 2 fully saturated rings. The van der Waals surface area contributed by atoms with Crippen LogP contribution in [-0.2, 0) is 14.4 Å². The standard InChI is InChI=1S/C17H11FN2O5/c18-11-7-9(19-6-2-1-3-13(19)21)4-5-12(11)20-14(22)10-8-17(10,15(20)23)16(24)25/h1-7,10H,8H2,(H,24,25). The molecular weight excluding hydrogens is 331 g/mol. The second-order valence-electron chi connectivity index (χ2n) is 6.06. The lowest BCUT2D eigenvalue weighted by Gasteiger charge is -2.19. The summed E-state index contributed by atoms with van der Waals surface area (Å²) in [4.78, 5) is 48.4. The van der Waals surface area contributed by atoms with Gasteiger partial charge in [0.25, 0.3) is 11.5 Å². The monoisotopic (exact) mass is 342 g/mol. The number of carbonyl (C=O) groups excluding carboxylic acids is 2. The number of anilines is 1. The van der Waals surface area contributed by atoms with Crippen molar-refractivity contribution in [3.63, 3.8) is 0 Å². The van der Waals surface area contributed by atoms with Crippen molar-refractivity contribution < 1.29 is 23.9 Å². The fraction of sp³-hybridized carbons (Fsp3) is 0.176.